The van der Waals surface area contributed by atoms with Crippen molar-refractivity contribution < 1.29 is 14.6 Å². The van der Waals surface area contributed by atoms with Gasteiger partial charge in [0.25, 0.3) is 0 Å². The van der Waals surface area contributed by atoms with Gasteiger partial charge in [-0.2, -0.15) is 0 Å². The Morgan fingerprint density at radius 1 is 0.905 bits per heavy atom. The van der Waals surface area contributed by atoms with E-state index in [0.717, 1.165) is 38.5 Å². The Kier molecular flexibility index (Phi) is 15.4. The van der Waals surface area contributed by atoms with Crippen LogP contribution in [0.4, 0.5) is 0 Å². The molecule has 120 valence electrons. The predicted octanol–water partition coefficient (Wildman–Crippen LogP) is 5.59. The van der Waals surface area contributed by atoms with Crippen molar-refractivity contribution in [2.24, 2.45) is 0 Å². The van der Waals surface area contributed by atoms with Crippen LogP contribution in [0.3, 0.4) is 0 Å². The first-order valence-electron chi connectivity index (χ1n) is 8.11. The fraction of sp³-hybridized carbons (Fsp3) is 0.611. The summed E-state index contributed by atoms with van der Waals surface area (Å²) in [5.74, 6) is -0.688. The molecule has 0 bridgehead atoms. The number of rotatable bonds is 14. The number of aliphatic carboxylic acids is 1. The number of carboxylic acids is 1. The zero-order chi connectivity index (χ0) is 15.6. The quantitative estimate of drug-likeness (QED) is 0.258. The second-order valence-corrected chi connectivity index (χ2v) is 5.11. The van der Waals surface area contributed by atoms with Gasteiger partial charge < -0.3 is 9.84 Å². The van der Waals surface area contributed by atoms with Crippen molar-refractivity contribution in [2.75, 3.05) is 0 Å². The smallest absolute Gasteiger partial charge is 0.303 e. The lowest BCUT2D eigenvalue weighted by Gasteiger charge is -1.97. The maximum absolute atomic E-state index is 10.3. The van der Waals surface area contributed by atoms with Crippen molar-refractivity contribution >= 4 is 5.97 Å². The Morgan fingerprint density at radius 3 is 2.38 bits per heavy atom. The molecule has 3 nitrogen and oxygen atoms in total. The average molecular weight is 294 g/mol. The summed E-state index contributed by atoms with van der Waals surface area (Å²) in [7, 11) is 0. The minimum atomic E-state index is -0.688. The van der Waals surface area contributed by atoms with Gasteiger partial charge in [0, 0.05) is 6.42 Å². The molecule has 0 aliphatic carbocycles. The van der Waals surface area contributed by atoms with Crippen LogP contribution in [0.5, 0.6) is 0 Å². The standard InChI is InChI=1S/C18H30O3/c1-2-3-4-13-16-21-17-14-11-9-7-5-6-8-10-12-15-18(19)20/h9,11,13-14,16-17H,2-8,10,12,15H2,1H3,(H,19,20)/b11-9-,16-13+,17-14+. The van der Waals surface area contributed by atoms with Crippen molar-refractivity contribution in [3.8, 4) is 0 Å². The highest BCUT2D eigenvalue weighted by Crippen LogP contribution is 2.07. The molecular weight excluding hydrogens is 264 g/mol. The summed E-state index contributed by atoms with van der Waals surface area (Å²) >= 11 is 0. The van der Waals surface area contributed by atoms with Gasteiger partial charge in [-0.05, 0) is 44.3 Å². The molecule has 1 N–H and O–H groups in total. The van der Waals surface area contributed by atoms with Crippen LogP contribution in [0.15, 0.2) is 36.8 Å². The molecule has 0 unspecified atom stereocenters. The molecule has 0 aliphatic rings. The molecule has 0 saturated carbocycles. The lowest BCUT2D eigenvalue weighted by Crippen LogP contribution is -1.93. The fourth-order valence-electron chi connectivity index (χ4n) is 1.83. The van der Waals surface area contributed by atoms with Crippen molar-refractivity contribution in [3.05, 3.63) is 36.8 Å². The van der Waals surface area contributed by atoms with E-state index in [1.807, 2.05) is 18.2 Å². The Balaban J connectivity index is 3.28. The molecule has 0 aromatic carbocycles. The topological polar surface area (TPSA) is 46.5 Å². The van der Waals surface area contributed by atoms with Crippen molar-refractivity contribution in [2.45, 2.75) is 71.1 Å². The van der Waals surface area contributed by atoms with E-state index in [9.17, 15) is 4.79 Å². The van der Waals surface area contributed by atoms with Gasteiger partial charge in [0.15, 0.2) is 0 Å². The highest BCUT2D eigenvalue weighted by atomic mass is 16.5. The summed E-state index contributed by atoms with van der Waals surface area (Å²) in [6.45, 7) is 2.18. The highest BCUT2D eigenvalue weighted by Gasteiger charge is 1.95. The van der Waals surface area contributed by atoms with Crippen LogP contribution in [0, 0.1) is 0 Å². The van der Waals surface area contributed by atoms with Gasteiger partial charge in [0.2, 0.25) is 0 Å². The molecule has 0 amide bonds. The van der Waals surface area contributed by atoms with E-state index in [1.165, 1.54) is 19.3 Å². The average Bonchev–Trinajstić information content (AvgIpc) is 2.46. The number of allylic oxidation sites excluding steroid dienone is 4. The maximum Gasteiger partial charge on any atom is 0.303 e. The van der Waals surface area contributed by atoms with Gasteiger partial charge >= 0.3 is 5.97 Å². The molecule has 0 saturated heterocycles. The number of carbonyl (C=O) groups is 1. The summed E-state index contributed by atoms with van der Waals surface area (Å²) in [4.78, 5) is 10.3. The lowest BCUT2D eigenvalue weighted by atomic mass is 10.1. The first-order chi connectivity index (χ1) is 10.3. The van der Waals surface area contributed by atoms with Crippen LogP contribution < -0.4 is 0 Å². The van der Waals surface area contributed by atoms with Crippen LogP contribution in [0.2, 0.25) is 0 Å². The zero-order valence-corrected chi connectivity index (χ0v) is 13.3. The number of hydrogen-bond donors (Lipinski definition) is 1. The van der Waals surface area contributed by atoms with Gasteiger partial charge in [-0.15, -0.1) is 0 Å². The van der Waals surface area contributed by atoms with Crippen LogP contribution in [0.25, 0.3) is 0 Å². The predicted molar refractivity (Wildman–Crippen MR) is 88.0 cm³/mol. The largest absolute Gasteiger partial charge is 0.481 e. The molecule has 0 rings (SSSR count). The Morgan fingerprint density at radius 2 is 1.62 bits per heavy atom. The molecule has 0 radical (unpaired) electrons. The molecule has 0 aromatic rings. The number of carboxylic acid groups (broad SMARTS) is 1. The normalized spacial score (nSPS) is 11.9. The molecule has 0 aromatic heterocycles. The Labute approximate surface area is 129 Å². The summed E-state index contributed by atoms with van der Waals surface area (Å²) in [5.41, 5.74) is 0. The van der Waals surface area contributed by atoms with E-state index in [1.54, 1.807) is 12.5 Å². The minimum Gasteiger partial charge on any atom is -0.481 e. The molecule has 0 heterocycles. The molecule has 0 aliphatic heterocycles. The number of ether oxygens (including phenoxy) is 1. The van der Waals surface area contributed by atoms with Gasteiger partial charge in [-0.3, -0.25) is 4.79 Å². The van der Waals surface area contributed by atoms with E-state index in [4.69, 9.17) is 9.84 Å². The van der Waals surface area contributed by atoms with Crippen LogP contribution in [-0.4, -0.2) is 11.1 Å². The lowest BCUT2D eigenvalue weighted by molar-refractivity contribution is -0.137. The minimum absolute atomic E-state index is 0.303. The molecule has 0 spiro atoms. The summed E-state index contributed by atoms with van der Waals surface area (Å²) < 4.78 is 5.21. The third-order valence-electron chi connectivity index (χ3n) is 3.06. The third-order valence-corrected chi connectivity index (χ3v) is 3.06. The molecule has 0 fully saturated rings. The van der Waals surface area contributed by atoms with Crippen LogP contribution >= 0.6 is 0 Å². The molecule has 0 atom stereocenters. The summed E-state index contributed by atoms with van der Waals surface area (Å²) in [5, 5.41) is 8.50. The fourth-order valence-corrected chi connectivity index (χ4v) is 1.83. The second kappa shape index (κ2) is 16.5. The first kappa shape index (κ1) is 19.5. The van der Waals surface area contributed by atoms with Gasteiger partial charge in [0.05, 0.1) is 12.5 Å². The summed E-state index contributed by atoms with van der Waals surface area (Å²) in [6, 6.07) is 0. The van der Waals surface area contributed by atoms with Crippen LogP contribution in [0.1, 0.15) is 71.1 Å². The van der Waals surface area contributed by atoms with Gasteiger partial charge in [-0.1, -0.05) is 44.8 Å². The maximum atomic E-state index is 10.3. The van der Waals surface area contributed by atoms with Gasteiger partial charge in [-0.25, -0.2) is 0 Å². The van der Waals surface area contributed by atoms with E-state index in [0.29, 0.717) is 6.42 Å². The van der Waals surface area contributed by atoms with Crippen LogP contribution in [-0.2, 0) is 9.53 Å². The molecule has 3 heteroatoms. The molecule has 21 heavy (non-hydrogen) atoms. The van der Waals surface area contributed by atoms with E-state index in [-0.39, 0.29) is 0 Å². The van der Waals surface area contributed by atoms with E-state index in [2.05, 4.69) is 13.0 Å². The molecular formula is C18H30O3. The Bertz CT molecular complexity index is 316. The number of unbranched alkanes of at least 4 members (excludes halogenated alkanes) is 7. The third kappa shape index (κ3) is 18.5. The number of hydrogen-bond acceptors (Lipinski definition) is 2. The highest BCUT2D eigenvalue weighted by molar-refractivity contribution is 5.66. The van der Waals surface area contributed by atoms with Crippen molar-refractivity contribution in [3.63, 3.8) is 0 Å². The summed E-state index contributed by atoms with van der Waals surface area (Å²) in [6.07, 6.45) is 21.7. The monoisotopic (exact) mass is 294 g/mol. The zero-order valence-electron chi connectivity index (χ0n) is 13.3. The SMILES string of the molecule is CCCC/C=C/O/C=C/C=C\CCCCCCCC(=O)O. The van der Waals surface area contributed by atoms with Crippen molar-refractivity contribution in [1.29, 1.82) is 0 Å². The Hall–Kier alpha value is -1.51. The first-order valence-corrected chi connectivity index (χ1v) is 8.11. The van der Waals surface area contributed by atoms with Gasteiger partial charge in [0.1, 0.15) is 0 Å². The van der Waals surface area contributed by atoms with Crippen molar-refractivity contribution in [1.82, 2.24) is 0 Å². The van der Waals surface area contributed by atoms with E-state index >= 15 is 0 Å². The van der Waals surface area contributed by atoms with E-state index < -0.39 is 5.97 Å². The second-order valence-electron chi connectivity index (χ2n) is 5.11.